The zero-order valence-electron chi connectivity index (χ0n) is 10.9. The summed E-state index contributed by atoms with van der Waals surface area (Å²) in [6.07, 6.45) is 6.84. The maximum absolute atomic E-state index is 5.86. The van der Waals surface area contributed by atoms with Crippen molar-refractivity contribution in [1.82, 2.24) is 4.98 Å². The van der Waals surface area contributed by atoms with Gasteiger partial charge in [-0.05, 0) is 43.2 Å². The highest BCUT2D eigenvalue weighted by Crippen LogP contribution is 2.37. The number of anilines is 1. The third kappa shape index (κ3) is 3.12. The first-order valence-corrected chi connectivity index (χ1v) is 6.70. The second-order valence-corrected chi connectivity index (χ2v) is 6.28. The van der Waals surface area contributed by atoms with Crippen LogP contribution in [0.1, 0.15) is 39.5 Å². The van der Waals surface area contributed by atoms with Gasteiger partial charge < -0.3 is 4.90 Å². The topological polar surface area (TPSA) is 16.1 Å². The van der Waals surface area contributed by atoms with Gasteiger partial charge in [0.05, 0.1) is 5.02 Å². The van der Waals surface area contributed by atoms with Crippen molar-refractivity contribution >= 4 is 17.4 Å². The van der Waals surface area contributed by atoms with Gasteiger partial charge in [-0.3, -0.25) is 0 Å². The molecule has 0 amide bonds. The van der Waals surface area contributed by atoms with Gasteiger partial charge in [-0.1, -0.05) is 25.4 Å². The summed E-state index contributed by atoms with van der Waals surface area (Å²) < 4.78 is 0. The summed E-state index contributed by atoms with van der Waals surface area (Å²) in [5.74, 6) is 1.03. The maximum Gasteiger partial charge on any atom is 0.128 e. The number of hydrogen-bond donors (Lipinski definition) is 0. The molecule has 0 atom stereocenters. The molecule has 2 nitrogen and oxygen atoms in total. The molecule has 1 saturated carbocycles. The van der Waals surface area contributed by atoms with E-state index in [-0.39, 0.29) is 0 Å². The van der Waals surface area contributed by atoms with E-state index >= 15 is 0 Å². The SMILES string of the molecule is CN(c1ccc(Cl)cn1)C1CCC(C)(C)CC1. The van der Waals surface area contributed by atoms with Crippen LogP contribution in [0.2, 0.25) is 5.02 Å². The molecule has 1 aromatic rings. The molecule has 0 aliphatic heterocycles. The van der Waals surface area contributed by atoms with Crippen LogP contribution in [0.5, 0.6) is 0 Å². The van der Waals surface area contributed by atoms with Gasteiger partial charge >= 0.3 is 0 Å². The van der Waals surface area contributed by atoms with E-state index in [1.54, 1.807) is 6.20 Å². The summed E-state index contributed by atoms with van der Waals surface area (Å²) in [4.78, 5) is 6.68. The molecular weight excluding hydrogens is 232 g/mol. The second-order valence-electron chi connectivity index (χ2n) is 5.84. The average molecular weight is 253 g/mol. The number of nitrogens with zero attached hydrogens (tertiary/aromatic N) is 2. The van der Waals surface area contributed by atoms with Crippen molar-refractivity contribution in [3.63, 3.8) is 0 Å². The molecule has 3 heteroatoms. The Bertz CT molecular complexity index is 362. The fourth-order valence-corrected chi connectivity index (χ4v) is 2.65. The molecule has 0 aromatic carbocycles. The Labute approximate surface area is 109 Å². The van der Waals surface area contributed by atoms with Crippen LogP contribution in [0.3, 0.4) is 0 Å². The highest BCUT2D eigenvalue weighted by Gasteiger charge is 2.29. The third-order valence-corrected chi connectivity index (χ3v) is 4.15. The van der Waals surface area contributed by atoms with E-state index in [2.05, 4.69) is 30.8 Å². The fourth-order valence-electron chi connectivity index (χ4n) is 2.54. The minimum atomic E-state index is 0.519. The normalized spacial score (nSPS) is 20.2. The minimum Gasteiger partial charge on any atom is -0.357 e. The van der Waals surface area contributed by atoms with E-state index in [0.717, 1.165) is 5.82 Å². The summed E-state index contributed by atoms with van der Waals surface area (Å²) in [6.45, 7) is 4.73. The fraction of sp³-hybridized carbons (Fsp3) is 0.643. The summed E-state index contributed by atoms with van der Waals surface area (Å²) >= 11 is 5.86. The molecule has 0 unspecified atom stereocenters. The van der Waals surface area contributed by atoms with Crippen LogP contribution in [-0.4, -0.2) is 18.1 Å². The van der Waals surface area contributed by atoms with Gasteiger partial charge in [0.2, 0.25) is 0 Å². The Morgan fingerprint density at radius 1 is 1.29 bits per heavy atom. The van der Waals surface area contributed by atoms with Crippen molar-refractivity contribution in [1.29, 1.82) is 0 Å². The predicted octanol–water partition coefficient (Wildman–Crippen LogP) is 4.14. The Kier molecular flexibility index (Phi) is 3.62. The first-order chi connectivity index (χ1) is 7.98. The summed E-state index contributed by atoms with van der Waals surface area (Å²) in [5.41, 5.74) is 0.519. The number of aromatic nitrogens is 1. The van der Waals surface area contributed by atoms with Gasteiger partial charge in [-0.25, -0.2) is 4.98 Å². The lowest BCUT2D eigenvalue weighted by Crippen LogP contribution is -2.37. The molecule has 1 aromatic heterocycles. The lowest BCUT2D eigenvalue weighted by Gasteiger charge is -2.39. The van der Waals surface area contributed by atoms with E-state index in [1.807, 2.05) is 12.1 Å². The molecule has 0 saturated heterocycles. The molecule has 0 N–H and O–H groups in total. The lowest BCUT2D eigenvalue weighted by atomic mass is 9.75. The molecule has 0 radical (unpaired) electrons. The quantitative estimate of drug-likeness (QED) is 0.787. The predicted molar refractivity (Wildman–Crippen MR) is 73.7 cm³/mol. The Morgan fingerprint density at radius 3 is 2.47 bits per heavy atom. The van der Waals surface area contributed by atoms with Crippen LogP contribution in [0.15, 0.2) is 18.3 Å². The average Bonchev–Trinajstić information content (AvgIpc) is 2.29. The molecule has 1 aliphatic rings. The first-order valence-electron chi connectivity index (χ1n) is 6.32. The zero-order valence-corrected chi connectivity index (χ0v) is 11.7. The van der Waals surface area contributed by atoms with Crippen LogP contribution in [0.4, 0.5) is 5.82 Å². The van der Waals surface area contributed by atoms with Crippen LogP contribution in [-0.2, 0) is 0 Å². The number of pyridine rings is 1. The van der Waals surface area contributed by atoms with Gasteiger partial charge in [0, 0.05) is 19.3 Å². The van der Waals surface area contributed by atoms with Crippen molar-refractivity contribution in [2.24, 2.45) is 5.41 Å². The Hall–Kier alpha value is -0.760. The van der Waals surface area contributed by atoms with Crippen molar-refractivity contribution in [3.8, 4) is 0 Å². The van der Waals surface area contributed by atoms with Gasteiger partial charge in [0.15, 0.2) is 0 Å². The smallest absolute Gasteiger partial charge is 0.128 e. The van der Waals surface area contributed by atoms with Crippen molar-refractivity contribution in [2.45, 2.75) is 45.6 Å². The first kappa shape index (κ1) is 12.7. The molecule has 1 heterocycles. The molecule has 17 heavy (non-hydrogen) atoms. The molecule has 0 bridgehead atoms. The van der Waals surface area contributed by atoms with Crippen LogP contribution < -0.4 is 4.90 Å². The van der Waals surface area contributed by atoms with Crippen molar-refractivity contribution in [3.05, 3.63) is 23.4 Å². The lowest BCUT2D eigenvalue weighted by molar-refractivity contribution is 0.222. The van der Waals surface area contributed by atoms with Gasteiger partial charge in [0.25, 0.3) is 0 Å². The van der Waals surface area contributed by atoms with Crippen LogP contribution in [0.25, 0.3) is 0 Å². The molecule has 1 fully saturated rings. The minimum absolute atomic E-state index is 0.519. The standard InChI is InChI=1S/C14H21ClN2/c1-14(2)8-6-12(7-9-14)17(3)13-5-4-11(15)10-16-13/h4-5,10,12H,6-9H2,1-3H3. The zero-order chi connectivity index (χ0) is 12.5. The monoisotopic (exact) mass is 252 g/mol. The largest absolute Gasteiger partial charge is 0.357 e. The summed E-state index contributed by atoms with van der Waals surface area (Å²) in [5, 5.41) is 0.701. The highest BCUT2D eigenvalue weighted by atomic mass is 35.5. The van der Waals surface area contributed by atoms with E-state index in [4.69, 9.17) is 11.6 Å². The summed E-state index contributed by atoms with van der Waals surface area (Å²) in [6, 6.07) is 4.53. The Balaban J connectivity index is 2.01. The maximum atomic E-state index is 5.86. The van der Waals surface area contributed by atoms with Crippen LogP contribution >= 0.6 is 11.6 Å². The van der Waals surface area contributed by atoms with Gasteiger partial charge in [0.1, 0.15) is 5.82 Å². The van der Waals surface area contributed by atoms with E-state index < -0.39 is 0 Å². The van der Waals surface area contributed by atoms with Gasteiger partial charge in [-0.2, -0.15) is 0 Å². The molecule has 2 rings (SSSR count). The molecule has 94 valence electrons. The number of hydrogen-bond acceptors (Lipinski definition) is 2. The van der Waals surface area contributed by atoms with Crippen molar-refractivity contribution < 1.29 is 0 Å². The number of rotatable bonds is 2. The molecule has 0 spiro atoms. The summed E-state index contributed by atoms with van der Waals surface area (Å²) in [7, 11) is 2.14. The van der Waals surface area contributed by atoms with Crippen LogP contribution in [0, 0.1) is 5.41 Å². The van der Waals surface area contributed by atoms with E-state index in [0.29, 0.717) is 16.5 Å². The van der Waals surface area contributed by atoms with Gasteiger partial charge in [-0.15, -0.1) is 0 Å². The molecule has 1 aliphatic carbocycles. The number of halogens is 1. The van der Waals surface area contributed by atoms with Crippen molar-refractivity contribution in [2.75, 3.05) is 11.9 Å². The molecular formula is C14H21ClN2. The third-order valence-electron chi connectivity index (χ3n) is 3.93. The van der Waals surface area contributed by atoms with E-state index in [1.165, 1.54) is 25.7 Å². The second kappa shape index (κ2) is 4.85. The highest BCUT2D eigenvalue weighted by molar-refractivity contribution is 6.30. The van der Waals surface area contributed by atoms with E-state index in [9.17, 15) is 0 Å². The Morgan fingerprint density at radius 2 is 1.94 bits per heavy atom.